The van der Waals surface area contributed by atoms with Crippen LogP contribution in [0.1, 0.15) is 18.1 Å². The molecule has 4 heteroatoms. The number of hydrogen-bond acceptors (Lipinski definition) is 3. The summed E-state index contributed by atoms with van der Waals surface area (Å²) >= 11 is 3.49. The van der Waals surface area contributed by atoms with Crippen molar-refractivity contribution in [2.45, 2.75) is 20.3 Å². The third-order valence-corrected chi connectivity index (χ3v) is 2.87. The summed E-state index contributed by atoms with van der Waals surface area (Å²) < 4.78 is 12.1. The molecule has 0 heterocycles. The Bertz CT molecular complexity index is 356. The average Bonchev–Trinajstić information content (AvgIpc) is 2.27. The van der Waals surface area contributed by atoms with E-state index in [4.69, 9.17) is 15.2 Å². The number of halogens is 1. The Hall–Kier alpha value is -0.580. The van der Waals surface area contributed by atoms with Gasteiger partial charge in [-0.25, -0.2) is 0 Å². The summed E-state index contributed by atoms with van der Waals surface area (Å²) in [7, 11) is 0. The van der Waals surface area contributed by atoms with Gasteiger partial charge in [-0.1, -0.05) is 15.9 Å². The molecule has 17 heavy (non-hydrogen) atoms. The number of aryl methyl sites for hydroxylation is 1. The lowest BCUT2D eigenvalue weighted by Crippen LogP contribution is -2.10. The van der Waals surface area contributed by atoms with E-state index in [0.29, 0.717) is 19.8 Å². The minimum absolute atomic E-state index is 0.577. The number of nitrogens with two attached hydrogens (primary N) is 1. The molecule has 0 saturated carbocycles. The molecule has 0 spiro atoms. The zero-order chi connectivity index (χ0) is 12.7. The Morgan fingerprint density at radius 2 is 2.06 bits per heavy atom. The molecule has 2 N–H and O–H groups in total. The Kier molecular flexibility index (Phi) is 6.55. The summed E-state index contributed by atoms with van der Waals surface area (Å²) in [4.78, 5) is 0. The standard InChI is InChI=1S/C13H20BrNO2/c1-3-16-6-7-17-13-10(2)8-12(14)9-11(13)4-5-15/h8-9H,3-7,15H2,1-2H3. The number of hydrogen-bond donors (Lipinski definition) is 1. The van der Waals surface area contributed by atoms with Crippen LogP contribution in [0, 0.1) is 6.92 Å². The molecule has 0 aliphatic heterocycles. The summed E-state index contributed by atoms with van der Waals surface area (Å²) in [6, 6.07) is 4.12. The van der Waals surface area contributed by atoms with Gasteiger partial charge in [-0.15, -0.1) is 0 Å². The van der Waals surface area contributed by atoms with Gasteiger partial charge in [-0.3, -0.25) is 0 Å². The van der Waals surface area contributed by atoms with Gasteiger partial charge >= 0.3 is 0 Å². The highest BCUT2D eigenvalue weighted by atomic mass is 79.9. The minimum atomic E-state index is 0.577. The molecule has 96 valence electrons. The molecule has 0 unspecified atom stereocenters. The number of rotatable bonds is 7. The maximum Gasteiger partial charge on any atom is 0.125 e. The van der Waals surface area contributed by atoms with Gasteiger partial charge in [0.1, 0.15) is 12.4 Å². The van der Waals surface area contributed by atoms with Crippen molar-refractivity contribution in [3.05, 3.63) is 27.7 Å². The molecular weight excluding hydrogens is 282 g/mol. The van der Waals surface area contributed by atoms with Crippen molar-refractivity contribution >= 4 is 15.9 Å². The molecule has 1 aromatic carbocycles. The average molecular weight is 302 g/mol. The van der Waals surface area contributed by atoms with E-state index in [1.165, 1.54) is 0 Å². The first-order valence-corrected chi connectivity index (χ1v) is 6.68. The predicted molar refractivity (Wildman–Crippen MR) is 73.6 cm³/mol. The lowest BCUT2D eigenvalue weighted by Gasteiger charge is -2.14. The second kappa shape index (κ2) is 7.69. The molecule has 0 atom stereocenters. The van der Waals surface area contributed by atoms with E-state index in [1.807, 2.05) is 13.8 Å². The van der Waals surface area contributed by atoms with Crippen molar-refractivity contribution in [2.75, 3.05) is 26.4 Å². The Labute approximate surface area is 111 Å². The van der Waals surface area contributed by atoms with Gasteiger partial charge in [0, 0.05) is 11.1 Å². The fourth-order valence-electron chi connectivity index (χ4n) is 1.69. The van der Waals surface area contributed by atoms with Crippen LogP contribution in [0.3, 0.4) is 0 Å². The number of benzene rings is 1. The molecule has 0 aliphatic carbocycles. The third kappa shape index (κ3) is 4.66. The summed E-state index contributed by atoms with van der Waals surface area (Å²) in [5, 5.41) is 0. The lowest BCUT2D eigenvalue weighted by molar-refractivity contribution is 0.109. The molecule has 1 rings (SSSR count). The fraction of sp³-hybridized carbons (Fsp3) is 0.538. The summed E-state index contributed by atoms with van der Waals surface area (Å²) in [6.45, 7) is 6.56. The van der Waals surface area contributed by atoms with Crippen molar-refractivity contribution < 1.29 is 9.47 Å². The highest BCUT2D eigenvalue weighted by molar-refractivity contribution is 9.10. The smallest absolute Gasteiger partial charge is 0.125 e. The van der Waals surface area contributed by atoms with Crippen molar-refractivity contribution in [1.82, 2.24) is 0 Å². The summed E-state index contributed by atoms with van der Waals surface area (Å²) in [6.07, 6.45) is 0.824. The Morgan fingerprint density at radius 1 is 1.29 bits per heavy atom. The van der Waals surface area contributed by atoms with Crippen LogP contribution in [0.25, 0.3) is 0 Å². The second-order valence-corrected chi connectivity index (χ2v) is 4.71. The normalized spacial score (nSPS) is 10.6. The van der Waals surface area contributed by atoms with Crippen LogP contribution in [0.5, 0.6) is 5.75 Å². The van der Waals surface area contributed by atoms with Crippen molar-refractivity contribution in [3.63, 3.8) is 0 Å². The van der Waals surface area contributed by atoms with Crippen LogP contribution in [0.2, 0.25) is 0 Å². The van der Waals surface area contributed by atoms with Crippen LogP contribution in [-0.2, 0) is 11.2 Å². The van der Waals surface area contributed by atoms with Crippen LogP contribution < -0.4 is 10.5 Å². The largest absolute Gasteiger partial charge is 0.491 e. The quantitative estimate of drug-likeness (QED) is 0.788. The molecular formula is C13H20BrNO2. The lowest BCUT2D eigenvalue weighted by atomic mass is 10.1. The van der Waals surface area contributed by atoms with E-state index in [0.717, 1.165) is 34.4 Å². The van der Waals surface area contributed by atoms with Gasteiger partial charge in [-0.05, 0) is 50.1 Å². The van der Waals surface area contributed by atoms with Gasteiger partial charge in [0.2, 0.25) is 0 Å². The van der Waals surface area contributed by atoms with Gasteiger partial charge in [0.25, 0.3) is 0 Å². The first-order chi connectivity index (χ1) is 8.19. The molecule has 0 amide bonds. The monoisotopic (exact) mass is 301 g/mol. The molecule has 0 aromatic heterocycles. The zero-order valence-corrected chi connectivity index (χ0v) is 12.0. The predicted octanol–water partition coefficient (Wildman–Crippen LogP) is 2.67. The van der Waals surface area contributed by atoms with Crippen molar-refractivity contribution in [2.24, 2.45) is 5.73 Å². The highest BCUT2D eigenvalue weighted by Gasteiger charge is 2.08. The molecule has 3 nitrogen and oxygen atoms in total. The molecule has 0 fully saturated rings. The maximum atomic E-state index is 5.78. The Morgan fingerprint density at radius 3 is 2.71 bits per heavy atom. The maximum absolute atomic E-state index is 5.78. The fourth-order valence-corrected chi connectivity index (χ4v) is 2.31. The molecule has 0 aliphatic rings. The van der Waals surface area contributed by atoms with Crippen LogP contribution in [-0.4, -0.2) is 26.4 Å². The van der Waals surface area contributed by atoms with Gasteiger partial charge in [-0.2, -0.15) is 0 Å². The molecule has 0 radical (unpaired) electrons. The zero-order valence-electron chi connectivity index (χ0n) is 10.5. The van der Waals surface area contributed by atoms with Crippen LogP contribution >= 0.6 is 15.9 Å². The first kappa shape index (κ1) is 14.5. The first-order valence-electron chi connectivity index (χ1n) is 5.88. The molecule has 1 aromatic rings. The van der Waals surface area contributed by atoms with Crippen molar-refractivity contribution in [1.29, 1.82) is 0 Å². The SMILES string of the molecule is CCOCCOc1c(C)cc(Br)cc1CCN. The van der Waals surface area contributed by atoms with E-state index < -0.39 is 0 Å². The van der Waals surface area contributed by atoms with E-state index >= 15 is 0 Å². The molecule has 0 saturated heterocycles. The van der Waals surface area contributed by atoms with E-state index in [2.05, 4.69) is 28.1 Å². The van der Waals surface area contributed by atoms with Crippen LogP contribution in [0.15, 0.2) is 16.6 Å². The highest BCUT2D eigenvalue weighted by Crippen LogP contribution is 2.28. The number of ether oxygens (including phenoxy) is 2. The van der Waals surface area contributed by atoms with Gasteiger partial charge in [0.05, 0.1) is 6.61 Å². The van der Waals surface area contributed by atoms with E-state index in [1.54, 1.807) is 0 Å². The second-order valence-electron chi connectivity index (χ2n) is 3.79. The van der Waals surface area contributed by atoms with E-state index in [9.17, 15) is 0 Å². The van der Waals surface area contributed by atoms with Gasteiger partial charge < -0.3 is 15.2 Å². The topological polar surface area (TPSA) is 44.5 Å². The summed E-state index contributed by atoms with van der Waals surface area (Å²) in [5.74, 6) is 0.943. The summed E-state index contributed by atoms with van der Waals surface area (Å²) in [5.41, 5.74) is 7.88. The van der Waals surface area contributed by atoms with Crippen molar-refractivity contribution in [3.8, 4) is 5.75 Å². The van der Waals surface area contributed by atoms with Gasteiger partial charge in [0.15, 0.2) is 0 Å². The minimum Gasteiger partial charge on any atom is -0.491 e. The molecule has 0 bridgehead atoms. The Balaban J connectivity index is 2.73. The third-order valence-electron chi connectivity index (χ3n) is 2.41. The van der Waals surface area contributed by atoms with E-state index in [-0.39, 0.29) is 0 Å². The van der Waals surface area contributed by atoms with Crippen LogP contribution in [0.4, 0.5) is 0 Å².